The van der Waals surface area contributed by atoms with Gasteiger partial charge in [0.15, 0.2) is 0 Å². The number of aryl methyl sites for hydroxylation is 2. The summed E-state index contributed by atoms with van der Waals surface area (Å²) in [6, 6.07) is 2.62. The molecule has 2 heteroatoms. The molecule has 0 aromatic carbocycles. The second-order valence-corrected chi connectivity index (χ2v) is 7.48. The van der Waals surface area contributed by atoms with Crippen molar-refractivity contribution in [1.82, 2.24) is 5.32 Å². The largest absolute Gasteiger partial charge is 0.466 e. The molecule has 1 N–H and O–H groups in total. The predicted octanol–water partition coefficient (Wildman–Crippen LogP) is 5.40. The lowest BCUT2D eigenvalue weighted by Gasteiger charge is -2.27. The lowest BCUT2D eigenvalue weighted by Crippen LogP contribution is -2.25. The molecule has 1 rings (SSSR count). The Labute approximate surface area is 125 Å². The molecular formula is C18H33NO. The van der Waals surface area contributed by atoms with Crippen LogP contribution in [0.2, 0.25) is 0 Å². The normalized spacial score (nSPS) is 15.3. The molecule has 1 heterocycles. The zero-order valence-corrected chi connectivity index (χ0v) is 14.5. The molecule has 0 amide bonds. The van der Waals surface area contributed by atoms with Gasteiger partial charge in [0, 0.05) is 11.6 Å². The number of nitrogens with one attached hydrogen (secondary N) is 1. The maximum atomic E-state index is 5.72. The fraction of sp³-hybridized carbons (Fsp3) is 0.778. The number of rotatable bonds is 7. The first kappa shape index (κ1) is 17.3. The summed E-state index contributed by atoms with van der Waals surface area (Å²) in [5, 5.41) is 3.70. The Morgan fingerprint density at radius 1 is 1.25 bits per heavy atom. The Kier molecular flexibility index (Phi) is 6.32. The van der Waals surface area contributed by atoms with Crippen LogP contribution in [0.4, 0.5) is 0 Å². The minimum atomic E-state index is 0.399. The fourth-order valence-corrected chi connectivity index (χ4v) is 3.17. The summed E-state index contributed by atoms with van der Waals surface area (Å²) in [5.41, 5.74) is 1.74. The highest BCUT2D eigenvalue weighted by Crippen LogP contribution is 2.32. The first-order valence-electron chi connectivity index (χ1n) is 8.03. The van der Waals surface area contributed by atoms with E-state index in [9.17, 15) is 0 Å². The van der Waals surface area contributed by atoms with E-state index in [4.69, 9.17) is 4.42 Å². The van der Waals surface area contributed by atoms with Crippen LogP contribution in [0.15, 0.2) is 10.5 Å². The highest BCUT2D eigenvalue weighted by Gasteiger charge is 2.22. The van der Waals surface area contributed by atoms with E-state index in [-0.39, 0.29) is 0 Å². The molecule has 2 unspecified atom stereocenters. The van der Waals surface area contributed by atoms with Crippen molar-refractivity contribution in [3.8, 4) is 0 Å². The van der Waals surface area contributed by atoms with Crippen molar-refractivity contribution in [2.75, 3.05) is 6.54 Å². The summed E-state index contributed by atoms with van der Waals surface area (Å²) in [4.78, 5) is 0. The molecule has 1 aromatic heterocycles. The lowest BCUT2D eigenvalue weighted by atomic mass is 9.82. The number of hydrogen-bond acceptors (Lipinski definition) is 2. The van der Waals surface area contributed by atoms with E-state index >= 15 is 0 Å². The molecule has 0 aliphatic heterocycles. The second kappa shape index (κ2) is 7.31. The van der Waals surface area contributed by atoms with Crippen LogP contribution >= 0.6 is 0 Å². The first-order chi connectivity index (χ1) is 9.23. The predicted molar refractivity (Wildman–Crippen MR) is 87.1 cm³/mol. The third-order valence-corrected chi connectivity index (χ3v) is 3.69. The summed E-state index contributed by atoms with van der Waals surface area (Å²) >= 11 is 0. The minimum absolute atomic E-state index is 0.399. The summed E-state index contributed by atoms with van der Waals surface area (Å²) in [6.07, 6.45) is 3.60. The fourth-order valence-electron chi connectivity index (χ4n) is 3.17. The number of furan rings is 1. The zero-order chi connectivity index (χ0) is 15.3. The molecule has 20 heavy (non-hydrogen) atoms. The van der Waals surface area contributed by atoms with Gasteiger partial charge in [0.25, 0.3) is 0 Å². The maximum Gasteiger partial charge on any atom is 0.105 e. The van der Waals surface area contributed by atoms with Crippen molar-refractivity contribution in [3.63, 3.8) is 0 Å². The monoisotopic (exact) mass is 279 g/mol. The van der Waals surface area contributed by atoms with Crippen molar-refractivity contribution < 1.29 is 4.42 Å². The molecule has 116 valence electrons. The van der Waals surface area contributed by atoms with Gasteiger partial charge in [-0.25, -0.2) is 0 Å². The third kappa shape index (κ3) is 5.70. The van der Waals surface area contributed by atoms with Crippen molar-refractivity contribution in [1.29, 1.82) is 0 Å². The smallest absolute Gasteiger partial charge is 0.105 e. The minimum Gasteiger partial charge on any atom is -0.466 e. The summed E-state index contributed by atoms with van der Waals surface area (Å²) < 4.78 is 5.72. The molecule has 0 saturated heterocycles. The van der Waals surface area contributed by atoms with E-state index in [1.54, 1.807) is 0 Å². The molecule has 2 nitrogen and oxygen atoms in total. The average Bonchev–Trinajstić information content (AvgIpc) is 2.61. The van der Waals surface area contributed by atoms with Crippen molar-refractivity contribution in [2.24, 2.45) is 11.3 Å². The molecule has 0 aliphatic rings. The van der Waals surface area contributed by atoms with Crippen molar-refractivity contribution in [3.05, 3.63) is 23.2 Å². The molecule has 0 aliphatic carbocycles. The molecular weight excluding hydrogens is 246 g/mol. The van der Waals surface area contributed by atoms with E-state index < -0.39 is 0 Å². The Bertz CT molecular complexity index is 400. The lowest BCUT2D eigenvalue weighted by molar-refractivity contribution is 0.275. The van der Waals surface area contributed by atoms with Gasteiger partial charge < -0.3 is 9.73 Å². The van der Waals surface area contributed by atoms with E-state index in [1.807, 2.05) is 6.92 Å². The van der Waals surface area contributed by atoms with Crippen molar-refractivity contribution >= 4 is 0 Å². The van der Waals surface area contributed by atoms with Crippen LogP contribution in [-0.2, 0) is 0 Å². The summed E-state index contributed by atoms with van der Waals surface area (Å²) in [7, 11) is 0. The maximum absolute atomic E-state index is 5.72. The zero-order valence-electron chi connectivity index (χ0n) is 14.5. The standard InChI is InChI=1S/C18H33NO/c1-8-9-19-17(10-13(2)12-18(5,6)7)16-11-14(3)20-15(16)4/h11,13,17,19H,8-10,12H2,1-7H3. The Morgan fingerprint density at radius 3 is 2.35 bits per heavy atom. The SMILES string of the molecule is CCCNC(CC(C)CC(C)(C)C)c1cc(C)oc1C. The topological polar surface area (TPSA) is 25.2 Å². The van der Waals surface area contributed by atoms with Crippen LogP contribution in [0.1, 0.15) is 77.0 Å². The van der Waals surface area contributed by atoms with Gasteiger partial charge in [-0.3, -0.25) is 0 Å². The van der Waals surface area contributed by atoms with Crippen molar-refractivity contribution in [2.45, 2.75) is 73.8 Å². The summed E-state index contributed by atoms with van der Waals surface area (Å²) in [5.74, 6) is 2.79. The molecule has 1 aromatic rings. The number of hydrogen-bond donors (Lipinski definition) is 1. The van der Waals surface area contributed by atoms with E-state index in [1.165, 1.54) is 24.8 Å². The van der Waals surface area contributed by atoms with Crippen LogP contribution in [-0.4, -0.2) is 6.54 Å². The van der Waals surface area contributed by atoms with Gasteiger partial charge in [0.2, 0.25) is 0 Å². The third-order valence-electron chi connectivity index (χ3n) is 3.69. The first-order valence-corrected chi connectivity index (χ1v) is 8.03. The van der Waals surface area contributed by atoms with Gasteiger partial charge in [0.1, 0.15) is 11.5 Å². The average molecular weight is 279 g/mol. The molecule has 2 atom stereocenters. The quantitative estimate of drug-likeness (QED) is 0.723. The van der Waals surface area contributed by atoms with Gasteiger partial charge in [-0.15, -0.1) is 0 Å². The van der Waals surface area contributed by atoms with Crippen LogP contribution in [0.25, 0.3) is 0 Å². The molecule has 0 saturated carbocycles. The Hall–Kier alpha value is -0.760. The van der Waals surface area contributed by atoms with Gasteiger partial charge in [-0.05, 0) is 57.1 Å². The molecule has 0 fully saturated rings. The Balaban J connectivity index is 2.77. The van der Waals surface area contributed by atoms with E-state index in [0.29, 0.717) is 17.4 Å². The van der Waals surface area contributed by atoms with Crippen LogP contribution in [0, 0.1) is 25.2 Å². The molecule has 0 bridgehead atoms. The molecule has 0 radical (unpaired) electrons. The van der Waals surface area contributed by atoms with Crippen LogP contribution < -0.4 is 5.32 Å². The van der Waals surface area contributed by atoms with Crippen LogP contribution in [0.5, 0.6) is 0 Å². The van der Waals surface area contributed by atoms with Gasteiger partial charge >= 0.3 is 0 Å². The van der Waals surface area contributed by atoms with Crippen LogP contribution in [0.3, 0.4) is 0 Å². The molecule has 0 spiro atoms. The highest BCUT2D eigenvalue weighted by atomic mass is 16.3. The highest BCUT2D eigenvalue weighted by molar-refractivity contribution is 5.24. The second-order valence-electron chi connectivity index (χ2n) is 7.48. The van der Waals surface area contributed by atoms with E-state index in [0.717, 1.165) is 18.1 Å². The van der Waals surface area contributed by atoms with Gasteiger partial charge in [-0.1, -0.05) is 34.6 Å². The van der Waals surface area contributed by atoms with E-state index in [2.05, 4.69) is 52.9 Å². The van der Waals surface area contributed by atoms with Gasteiger partial charge in [0.05, 0.1) is 0 Å². The Morgan fingerprint density at radius 2 is 1.90 bits per heavy atom. The summed E-state index contributed by atoms with van der Waals surface area (Å²) in [6.45, 7) is 16.7. The van der Waals surface area contributed by atoms with Gasteiger partial charge in [-0.2, -0.15) is 0 Å².